The van der Waals surface area contributed by atoms with Gasteiger partial charge in [-0.1, -0.05) is 23.7 Å². The SMILES string of the molecule is COc1ccc(C(CO)CNC(=O)c2ccnc(Cl)c2)cc1. The fourth-order valence-electron chi connectivity index (χ4n) is 2.03. The van der Waals surface area contributed by atoms with Gasteiger partial charge in [0, 0.05) is 24.2 Å². The zero-order valence-corrected chi connectivity index (χ0v) is 12.9. The topological polar surface area (TPSA) is 71.5 Å². The van der Waals surface area contributed by atoms with Crippen molar-refractivity contribution in [2.75, 3.05) is 20.3 Å². The largest absolute Gasteiger partial charge is 0.497 e. The number of aliphatic hydroxyl groups excluding tert-OH is 1. The van der Waals surface area contributed by atoms with Crippen molar-refractivity contribution < 1.29 is 14.6 Å². The Morgan fingerprint density at radius 3 is 2.68 bits per heavy atom. The normalized spacial score (nSPS) is 11.8. The summed E-state index contributed by atoms with van der Waals surface area (Å²) in [6, 6.07) is 10.5. The van der Waals surface area contributed by atoms with Crippen molar-refractivity contribution in [2.45, 2.75) is 5.92 Å². The molecule has 22 heavy (non-hydrogen) atoms. The van der Waals surface area contributed by atoms with Crippen molar-refractivity contribution in [1.29, 1.82) is 0 Å². The number of carbonyl (C=O) groups is 1. The Labute approximate surface area is 133 Å². The van der Waals surface area contributed by atoms with Crippen molar-refractivity contribution in [1.82, 2.24) is 10.3 Å². The van der Waals surface area contributed by atoms with Gasteiger partial charge in [0.05, 0.1) is 13.7 Å². The monoisotopic (exact) mass is 320 g/mol. The van der Waals surface area contributed by atoms with Gasteiger partial charge in [-0.15, -0.1) is 0 Å². The number of aromatic nitrogens is 1. The summed E-state index contributed by atoms with van der Waals surface area (Å²) in [6.45, 7) is 0.255. The van der Waals surface area contributed by atoms with Gasteiger partial charge in [-0.25, -0.2) is 4.98 Å². The Morgan fingerprint density at radius 2 is 2.09 bits per heavy atom. The first-order valence-electron chi connectivity index (χ1n) is 6.78. The van der Waals surface area contributed by atoms with Crippen LogP contribution in [-0.2, 0) is 0 Å². The lowest BCUT2D eigenvalue weighted by atomic mass is 10.00. The zero-order chi connectivity index (χ0) is 15.9. The van der Waals surface area contributed by atoms with E-state index in [1.54, 1.807) is 13.2 Å². The van der Waals surface area contributed by atoms with E-state index in [9.17, 15) is 9.90 Å². The molecule has 5 nitrogen and oxygen atoms in total. The maximum atomic E-state index is 12.0. The molecule has 0 aliphatic rings. The van der Waals surface area contributed by atoms with Crippen molar-refractivity contribution >= 4 is 17.5 Å². The van der Waals surface area contributed by atoms with Gasteiger partial charge in [-0.3, -0.25) is 4.79 Å². The van der Waals surface area contributed by atoms with Gasteiger partial charge in [0.25, 0.3) is 5.91 Å². The van der Waals surface area contributed by atoms with Crippen LogP contribution in [0, 0.1) is 0 Å². The standard InChI is InChI=1S/C16H17ClN2O3/c1-22-14-4-2-11(3-5-14)13(10-20)9-19-16(21)12-6-7-18-15(17)8-12/h2-8,13,20H,9-10H2,1H3,(H,19,21). The third-order valence-corrected chi connectivity index (χ3v) is 3.51. The molecule has 2 aromatic rings. The number of aliphatic hydroxyl groups is 1. The summed E-state index contributed by atoms with van der Waals surface area (Å²) in [5.41, 5.74) is 1.36. The average molecular weight is 321 g/mol. The minimum atomic E-state index is -0.253. The number of hydrogen-bond acceptors (Lipinski definition) is 4. The van der Waals surface area contributed by atoms with Crippen LogP contribution in [0.2, 0.25) is 5.15 Å². The van der Waals surface area contributed by atoms with E-state index in [-0.39, 0.29) is 23.6 Å². The third-order valence-electron chi connectivity index (χ3n) is 3.31. The molecule has 6 heteroatoms. The van der Waals surface area contributed by atoms with E-state index in [0.29, 0.717) is 12.1 Å². The van der Waals surface area contributed by atoms with Gasteiger partial charge in [-0.2, -0.15) is 0 Å². The van der Waals surface area contributed by atoms with Crippen LogP contribution in [0.1, 0.15) is 21.8 Å². The summed E-state index contributed by atoms with van der Waals surface area (Å²) in [7, 11) is 1.60. The lowest BCUT2D eigenvalue weighted by Gasteiger charge is -2.16. The number of nitrogens with zero attached hydrogens (tertiary/aromatic N) is 1. The van der Waals surface area contributed by atoms with Crippen molar-refractivity contribution in [3.8, 4) is 5.75 Å². The molecular formula is C16H17ClN2O3. The highest BCUT2D eigenvalue weighted by Crippen LogP contribution is 2.19. The molecule has 1 unspecified atom stereocenters. The van der Waals surface area contributed by atoms with Crippen LogP contribution in [0.4, 0.5) is 0 Å². The number of methoxy groups -OCH3 is 1. The molecule has 1 heterocycles. The predicted molar refractivity (Wildman–Crippen MR) is 84.4 cm³/mol. The summed E-state index contributed by atoms with van der Waals surface area (Å²) in [5, 5.41) is 12.6. The zero-order valence-electron chi connectivity index (χ0n) is 12.1. The summed E-state index contributed by atoms with van der Waals surface area (Å²) in [6.07, 6.45) is 1.48. The maximum absolute atomic E-state index is 12.0. The van der Waals surface area contributed by atoms with Gasteiger partial charge >= 0.3 is 0 Å². The molecule has 0 spiro atoms. The molecular weight excluding hydrogens is 304 g/mol. The Kier molecular flexibility index (Phi) is 5.75. The highest BCUT2D eigenvalue weighted by molar-refractivity contribution is 6.29. The number of pyridine rings is 1. The van der Waals surface area contributed by atoms with Crippen molar-refractivity contribution in [3.63, 3.8) is 0 Å². The summed E-state index contributed by atoms with van der Waals surface area (Å²) >= 11 is 5.76. The van der Waals surface area contributed by atoms with Gasteiger partial charge in [0.1, 0.15) is 10.9 Å². The fourth-order valence-corrected chi connectivity index (χ4v) is 2.20. The Balaban J connectivity index is 1.99. The van der Waals surface area contributed by atoms with E-state index < -0.39 is 0 Å². The van der Waals surface area contributed by atoms with Gasteiger partial charge in [0.15, 0.2) is 0 Å². The van der Waals surface area contributed by atoms with Crippen molar-refractivity contribution in [3.05, 3.63) is 58.9 Å². The molecule has 0 saturated heterocycles. The van der Waals surface area contributed by atoms with Crippen LogP contribution in [0.25, 0.3) is 0 Å². The van der Waals surface area contributed by atoms with Crippen LogP contribution in [0.15, 0.2) is 42.6 Å². The molecule has 2 N–H and O–H groups in total. The molecule has 1 aromatic carbocycles. The third kappa shape index (κ3) is 4.19. The quantitative estimate of drug-likeness (QED) is 0.801. The number of nitrogens with one attached hydrogen (secondary N) is 1. The first-order valence-corrected chi connectivity index (χ1v) is 7.16. The van der Waals surface area contributed by atoms with Gasteiger partial charge in [0.2, 0.25) is 0 Å². The molecule has 0 aliphatic heterocycles. The second-order valence-electron chi connectivity index (χ2n) is 4.73. The molecule has 0 saturated carbocycles. The molecule has 1 atom stereocenters. The molecule has 1 amide bonds. The number of hydrogen-bond donors (Lipinski definition) is 2. The van der Waals surface area contributed by atoms with E-state index in [2.05, 4.69) is 10.3 Å². The number of carbonyl (C=O) groups excluding carboxylic acids is 1. The number of ether oxygens (including phenoxy) is 1. The van der Waals surface area contributed by atoms with E-state index in [1.165, 1.54) is 12.3 Å². The average Bonchev–Trinajstić information content (AvgIpc) is 2.55. The molecule has 0 aliphatic carbocycles. The molecule has 1 aromatic heterocycles. The molecule has 0 radical (unpaired) electrons. The Hall–Kier alpha value is -2.11. The lowest BCUT2D eigenvalue weighted by molar-refractivity contribution is 0.0947. The second kappa shape index (κ2) is 7.77. The predicted octanol–water partition coefficient (Wildman–Crippen LogP) is 2.25. The van der Waals surface area contributed by atoms with Crippen LogP contribution in [-0.4, -0.2) is 36.3 Å². The van der Waals surface area contributed by atoms with Crippen LogP contribution in [0.3, 0.4) is 0 Å². The van der Waals surface area contributed by atoms with E-state index in [0.717, 1.165) is 11.3 Å². The van der Waals surface area contributed by atoms with E-state index in [4.69, 9.17) is 16.3 Å². The van der Waals surface area contributed by atoms with Crippen LogP contribution in [0.5, 0.6) is 5.75 Å². The molecule has 2 rings (SSSR count). The van der Waals surface area contributed by atoms with Crippen molar-refractivity contribution in [2.24, 2.45) is 0 Å². The first-order chi connectivity index (χ1) is 10.6. The van der Waals surface area contributed by atoms with Gasteiger partial charge in [-0.05, 0) is 29.8 Å². The maximum Gasteiger partial charge on any atom is 0.251 e. The molecule has 116 valence electrons. The highest BCUT2D eigenvalue weighted by atomic mass is 35.5. The number of rotatable bonds is 6. The minimum Gasteiger partial charge on any atom is -0.497 e. The molecule has 0 fully saturated rings. The van der Waals surface area contributed by atoms with E-state index in [1.807, 2.05) is 24.3 Å². The summed E-state index contributed by atoms with van der Waals surface area (Å²) < 4.78 is 5.10. The fraction of sp³-hybridized carbons (Fsp3) is 0.250. The molecule has 0 bridgehead atoms. The van der Waals surface area contributed by atoms with E-state index >= 15 is 0 Å². The van der Waals surface area contributed by atoms with Crippen LogP contribution < -0.4 is 10.1 Å². The Bertz CT molecular complexity index is 632. The number of benzene rings is 1. The summed E-state index contributed by atoms with van der Waals surface area (Å²) in [5.74, 6) is 0.305. The smallest absolute Gasteiger partial charge is 0.251 e. The number of amides is 1. The second-order valence-corrected chi connectivity index (χ2v) is 5.12. The first kappa shape index (κ1) is 16.3. The van der Waals surface area contributed by atoms with Gasteiger partial charge < -0.3 is 15.2 Å². The lowest BCUT2D eigenvalue weighted by Crippen LogP contribution is -2.29. The summed E-state index contributed by atoms with van der Waals surface area (Å²) in [4.78, 5) is 15.9. The number of halogens is 1. The minimum absolute atomic E-state index is 0.0658. The van der Waals surface area contributed by atoms with Crippen LogP contribution >= 0.6 is 11.6 Å². The Morgan fingerprint density at radius 1 is 1.36 bits per heavy atom. The highest BCUT2D eigenvalue weighted by Gasteiger charge is 2.13.